The summed E-state index contributed by atoms with van der Waals surface area (Å²) >= 11 is 0. The SMILES string of the molecule is C=CNC1CC1.CCC.CCc1cccc(CN2C=C(C)C=C(C(=O)NC)C2=C(C)C)c1C. The molecule has 1 aromatic rings. The van der Waals surface area contributed by atoms with E-state index in [1.807, 2.05) is 13.0 Å². The van der Waals surface area contributed by atoms with Gasteiger partial charge in [0.05, 0.1) is 11.3 Å². The Bertz CT molecular complexity index is 884. The van der Waals surface area contributed by atoms with Gasteiger partial charge in [0.2, 0.25) is 0 Å². The lowest BCUT2D eigenvalue weighted by Gasteiger charge is -2.31. The van der Waals surface area contributed by atoms with Gasteiger partial charge in [0, 0.05) is 25.8 Å². The Kier molecular flexibility index (Phi) is 12.3. The monoisotopic (exact) mass is 451 g/mol. The van der Waals surface area contributed by atoms with Crippen LogP contribution >= 0.6 is 0 Å². The maximum atomic E-state index is 12.3. The summed E-state index contributed by atoms with van der Waals surface area (Å²) in [5.74, 6) is -0.0392. The molecule has 0 aromatic heterocycles. The number of benzene rings is 1. The molecule has 1 aromatic carbocycles. The first kappa shape index (κ1) is 28.3. The summed E-state index contributed by atoms with van der Waals surface area (Å²) < 4.78 is 0. The minimum Gasteiger partial charge on any atom is -0.389 e. The minimum absolute atomic E-state index is 0.0392. The van der Waals surface area contributed by atoms with Crippen LogP contribution in [-0.2, 0) is 17.8 Å². The molecule has 0 saturated heterocycles. The molecule has 0 radical (unpaired) electrons. The van der Waals surface area contributed by atoms with Crippen LogP contribution < -0.4 is 10.6 Å². The number of hydrogen-bond donors (Lipinski definition) is 2. The van der Waals surface area contributed by atoms with Gasteiger partial charge in [-0.05, 0) is 81.5 Å². The molecule has 1 saturated carbocycles. The second-order valence-electron chi connectivity index (χ2n) is 8.89. The number of rotatable bonds is 6. The highest BCUT2D eigenvalue weighted by atomic mass is 16.1. The summed E-state index contributed by atoms with van der Waals surface area (Å²) in [6.07, 6.45) is 10.8. The molecule has 1 aliphatic heterocycles. The molecule has 33 heavy (non-hydrogen) atoms. The van der Waals surface area contributed by atoms with Gasteiger partial charge in [-0.2, -0.15) is 0 Å². The molecule has 0 bridgehead atoms. The maximum absolute atomic E-state index is 12.3. The van der Waals surface area contributed by atoms with E-state index in [1.165, 1.54) is 36.0 Å². The molecule has 1 amide bonds. The first-order chi connectivity index (χ1) is 15.7. The average molecular weight is 452 g/mol. The molecule has 2 aliphatic rings. The molecular weight excluding hydrogens is 406 g/mol. The van der Waals surface area contributed by atoms with Crippen molar-refractivity contribution in [2.75, 3.05) is 7.05 Å². The number of nitrogens with one attached hydrogen (secondary N) is 2. The number of likely N-dealkylation sites (N-methyl/N-ethyl adjacent to an activating group) is 1. The molecule has 1 aliphatic carbocycles. The van der Waals surface area contributed by atoms with Gasteiger partial charge in [-0.1, -0.05) is 57.5 Å². The first-order valence-corrected chi connectivity index (χ1v) is 12.2. The van der Waals surface area contributed by atoms with Crippen molar-refractivity contribution in [2.45, 2.75) is 86.7 Å². The summed E-state index contributed by atoms with van der Waals surface area (Å²) in [7, 11) is 1.68. The van der Waals surface area contributed by atoms with E-state index >= 15 is 0 Å². The highest BCUT2D eigenvalue weighted by molar-refractivity contribution is 5.98. The quantitative estimate of drug-likeness (QED) is 0.516. The van der Waals surface area contributed by atoms with Gasteiger partial charge in [0.1, 0.15) is 0 Å². The van der Waals surface area contributed by atoms with Crippen LogP contribution in [0.2, 0.25) is 0 Å². The third kappa shape index (κ3) is 8.95. The summed E-state index contributed by atoms with van der Waals surface area (Å²) in [5, 5.41) is 5.84. The van der Waals surface area contributed by atoms with Crippen molar-refractivity contribution >= 4 is 5.91 Å². The molecule has 4 nitrogen and oxygen atoms in total. The smallest absolute Gasteiger partial charge is 0.253 e. The molecule has 1 heterocycles. The van der Waals surface area contributed by atoms with Crippen molar-refractivity contribution in [3.63, 3.8) is 0 Å². The first-order valence-electron chi connectivity index (χ1n) is 12.2. The van der Waals surface area contributed by atoms with Gasteiger partial charge in [-0.25, -0.2) is 0 Å². The van der Waals surface area contributed by atoms with Crippen LogP contribution in [0.3, 0.4) is 0 Å². The fraction of sp³-hybridized carbons (Fsp3) is 0.483. The van der Waals surface area contributed by atoms with Gasteiger partial charge in [-0.3, -0.25) is 4.79 Å². The van der Waals surface area contributed by atoms with Crippen LogP contribution in [-0.4, -0.2) is 23.9 Å². The van der Waals surface area contributed by atoms with Crippen molar-refractivity contribution in [1.29, 1.82) is 0 Å². The number of allylic oxidation sites excluding steroid dienone is 3. The largest absolute Gasteiger partial charge is 0.389 e. The van der Waals surface area contributed by atoms with Crippen molar-refractivity contribution in [1.82, 2.24) is 15.5 Å². The minimum atomic E-state index is -0.0392. The van der Waals surface area contributed by atoms with Gasteiger partial charge < -0.3 is 15.5 Å². The maximum Gasteiger partial charge on any atom is 0.253 e. The summed E-state index contributed by atoms with van der Waals surface area (Å²) in [4.78, 5) is 14.5. The lowest BCUT2D eigenvalue weighted by molar-refractivity contribution is -0.117. The molecular formula is C29H45N3O. The zero-order valence-electron chi connectivity index (χ0n) is 22.1. The van der Waals surface area contributed by atoms with E-state index < -0.39 is 0 Å². The van der Waals surface area contributed by atoms with Crippen LogP contribution in [0.15, 0.2) is 65.7 Å². The Labute approximate surface area is 202 Å². The molecule has 2 N–H and O–H groups in total. The number of carbonyl (C=O) groups excluding carboxylic acids is 1. The van der Waals surface area contributed by atoms with Crippen molar-refractivity contribution < 1.29 is 4.79 Å². The summed E-state index contributed by atoms with van der Waals surface area (Å²) in [6, 6.07) is 7.27. The fourth-order valence-corrected chi connectivity index (χ4v) is 3.68. The van der Waals surface area contributed by atoms with Crippen LogP contribution in [0.5, 0.6) is 0 Å². The Hall–Kier alpha value is -2.75. The van der Waals surface area contributed by atoms with Crippen LogP contribution in [0.4, 0.5) is 0 Å². The summed E-state index contributed by atoms with van der Waals surface area (Å²) in [6.45, 7) is 19.1. The lowest BCUT2D eigenvalue weighted by Crippen LogP contribution is -2.30. The van der Waals surface area contributed by atoms with Crippen LogP contribution in [0.1, 0.15) is 77.5 Å². The predicted octanol–water partition coefficient (Wildman–Crippen LogP) is 6.54. The predicted molar refractivity (Wildman–Crippen MR) is 143 cm³/mol. The standard InChI is InChI=1S/C21H28N2O.C5H9N.C3H8/c1-7-17-9-8-10-18(16(17)5)13-23-12-15(4)11-19(21(24)22-6)20(23)14(2)3;1-2-6-5-3-4-5;1-3-2/h8-12H,7,13H2,1-6H3,(H,22,24);2,5-6H,1,3-4H2;3H2,1-2H3. The molecule has 4 heteroatoms. The normalized spacial score (nSPS) is 14.5. The molecule has 0 unspecified atom stereocenters. The Morgan fingerprint density at radius 2 is 1.76 bits per heavy atom. The summed E-state index contributed by atoms with van der Waals surface area (Å²) in [5.41, 5.74) is 7.99. The number of aryl methyl sites for hydroxylation is 1. The van der Waals surface area contributed by atoms with E-state index in [1.54, 1.807) is 13.2 Å². The van der Waals surface area contributed by atoms with E-state index in [0.29, 0.717) is 0 Å². The number of hydrogen-bond acceptors (Lipinski definition) is 3. The zero-order valence-corrected chi connectivity index (χ0v) is 22.1. The van der Waals surface area contributed by atoms with Gasteiger partial charge in [0.25, 0.3) is 5.91 Å². The highest BCUT2D eigenvalue weighted by Gasteiger charge is 2.23. The zero-order chi connectivity index (χ0) is 25.0. The van der Waals surface area contributed by atoms with E-state index in [9.17, 15) is 4.79 Å². The van der Waals surface area contributed by atoms with Gasteiger partial charge in [-0.15, -0.1) is 0 Å². The molecule has 182 valence electrons. The third-order valence-electron chi connectivity index (χ3n) is 5.43. The molecule has 0 atom stereocenters. The van der Waals surface area contributed by atoms with E-state index in [-0.39, 0.29) is 5.91 Å². The van der Waals surface area contributed by atoms with Crippen molar-refractivity contribution in [3.8, 4) is 0 Å². The number of nitrogens with zero attached hydrogens (tertiary/aromatic N) is 1. The Balaban J connectivity index is 0.000000506. The Morgan fingerprint density at radius 3 is 2.21 bits per heavy atom. The number of carbonyl (C=O) groups is 1. The van der Waals surface area contributed by atoms with Gasteiger partial charge in [0.15, 0.2) is 0 Å². The second-order valence-corrected chi connectivity index (χ2v) is 8.89. The van der Waals surface area contributed by atoms with E-state index in [2.05, 4.69) is 88.1 Å². The third-order valence-corrected chi connectivity index (χ3v) is 5.43. The Morgan fingerprint density at radius 1 is 1.15 bits per heavy atom. The molecule has 3 rings (SSSR count). The van der Waals surface area contributed by atoms with Crippen LogP contribution in [0, 0.1) is 6.92 Å². The van der Waals surface area contributed by atoms with Crippen LogP contribution in [0.25, 0.3) is 0 Å². The van der Waals surface area contributed by atoms with Crippen molar-refractivity contribution in [2.24, 2.45) is 0 Å². The second kappa shape index (κ2) is 14.4. The number of amides is 1. The fourth-order valence-electron chi connectivity index (χ4n) is 3.68. The van der Waals surface area contributed by atoms with E-state index in [0.717, 1.165) is 41.4 Å². The molecule has 0 spiro atoms. The molecule has 1 fully saturated rings. The van der Waals surface area contributed by atoms with E-state index in [4.69, 9.17) is 0 Å². The topological polar surface area (TPSA) is 44.4 Å². The average Bonchev–Trinajstić information content (AvgIpc) is 3.59. The lowest BCUT2D eigenvalue weighted by atomic mass is 9.97. The highest BCUT2D eigenvalue weighted by Crippen LogP contribution is 2.29. The van der Waals surface area contributed by atoms with Gasteiger partial charge >= 0.3 is 0 Å². The van der Waals surface area contributed by atoms with Crippen molar-refractivity contribution in [3.05, 3.63) is 82.4 Å².